The summed E-state index contributed by atoms with van der Waals surface area (Å²) in [5.74, 6) is -0.639. The molecule has 0 unspecified atom stereocenters. The average Bonchev–Trinajstić information content (AvgIpc) is 2.68. The minimum Gasteiger partial charge on any atom is -0.502 e. The molecule has 0 fully saturated rings. The van der Waals surface area contributed by atoms with Crippen molar-refractivity contribution >= 4 is 29.2 Å². The number of nitro groups is 1. The van der Waals surface area contributed by atoms with E-state index in [4.69, 9.17) is 0 Å². The van der Waals surface area contributed by atoms with Gasteiger partial charge >= 0.3 is 5.69 Å². The molecule has 7 nitrogen and oxygen atoms in total. The number of amides is 1. The van der Waals surface area contributed by atoms with Crippen LogP contribution in [0.2, 0.25) is 0 Å². The molecule has 3 aromatic carbocycles. The van der Waals surface area contributed by atoms with Crippen LogP contribution >= 0.6 is 0 Å². The maximum absolute atomic E-state index is 12.3. The maximum atomic E-state index is 12.3. The minimum absolute atomic E-state index is 0.207. The van der Waals surface area contributed by atoms with Crippen molar-refractivity contribution in [3.05, 3.63) is 93.5 Å². The number of phenols is 1. The van der Waals surface area contributed by atoms with Gasteiger partial charge < -0.3 is 10.4 Å². The zero-order chi connectivity index (χ0) is 20.1. The van der Waals surface area contributed by atoms with Gasteiger partial charge in [-0.2, -0.15) is 0 Å². The molecule has 140 valence electrons. The number of hydrogen-bond donors (Lipinski definition) is 2. The van der Waals surface area contributed by atoms with Gasteiger partial charge in [-0.15, -0.1) is 0 Å². The lowest BCUT2D eigenvalue weighted by atomic mass is 10.1. The summed E-state index contributed by atoms with van der Waals surface area (Å²) in [4.78, 5) is 26.7. The molecular formula is C21H17N3O4. The lowest BCUT2D eigenvalue weighted by Crippen LogP contribution is -2.11. The highest BCUT2D eigenvalue weighted by Gasteiger charge is 2.15. The van der Waals surface area contributed by atoms with Gasteiger partial charge in [-0.25, -0.2) is 0 Å². The fourth-order valence-corrected chi connectivity index (χ4v) is 2.56. The number of aromatic hydroxyl groups is 1. The first-order valence-corrected chi connectivity index (χ1v) is 8.42. The quantitative estimate of drug-likeness (QED) is 0.386. The first kappa shape index (κ1) is 18.8. The zero-order valence-electron chi connectivity index (χ0n) is 15.0. The monoisotopic (exact) mass is 375 g/mol. The van der Waals surface area contributed by atoms with Gasteiger partial charge in [-0.05, 0) is 49.4 Å². The Morgan fingerprint density at radius 2 is 1.82 bits per heavy atom. The third-order valence-electron chi connectivity index (χ3n) is 4.00. The van der Waals surface area contributed by atoms with Gasteiger partial charge in [0.05, 0.1) is 10.6 Å². The molecule has 0 saturated heterocycles. The molecule has 0 radical (unpaired) electrons. The summed E-state index contributed by atoms with van der Waals surface area (Å²) in [7, 11) is 0. The number of para-hydroxylation sites is 1. The van der Waals surface area contributed by atoms with Crippen molar-refractivity contribution in [3.63, 3.8) is 0 Å². The van der Waals surface area contributed by atoms with Crippen LogP contribution in [0, 0.1) is 17.0 Å². The molecule has 0 aromatic heterocycles. The zero-order valence-corrected chi connectivity index (χ0v) is 15.0. The first-order valence-electron chi connectivity index (χ1n) is 8.42. The largest absolute Gasteiger partial charge is 0.502 e. The number of nitrogens with one attached hydrogen (secondary N) is 1. The lowest BCUT2D eigenvalue weighted by Gasteiger charge is -2.06. The van der Waals surface area contributed by atoms with E-state index in [9.17, 15) is 20.0 Å². The number of carbonyl (C=O) groups is 1. The van der Waals surface area contributed by atoms with Crippen LogP contribution in [0.1, 0.15) is 21.5 Å². The van der Waals surface area contributed by atoms with Gasteiger partial charge in [0.15, 0.2) is 0 Å². The Kier molecular flexibility index (Phi) is 5.45. The van der Waals surface area contributed by atoms with E-state index in [-0.39, 0.29) is 17.2 Å². The number of aliphatic imine (C=N–C) groups is 1. The van der Waals surface area contributed by atoms with Crippen LogP contribution in [0.3, 0.4) is 0 Å². The third kappa shape index (κ3) is 4.39. The summed E-state index contributed by atoms with van der Waals surface area (Å²) in [6, 6.07) is 18.3. The van der Waals surface area contributed by atoms with Crippen molar-refractivity contribution in [2.75, 3.05) is 5.32 Å². The summed E-state index contributed by atoms with van der Waals surface area (Å²) in [6.07, 6.45) is 1.35. The molecule has 0 aliphatic rings. The highest BCUT2D eigenvalue weighted by molar-refractivity contribution is 6.04. The van der Waals surface area contributed by atoms with E-state index in [0.717, 1.165) is 5.56 Å². The van der Waals surface area contributed by atoms with Gasteiger partial charge in [-0.3, -0.25) is 19.9 Å². The smallest absolute Gasteiger partial charge is 0.311 e. The molecule has 0 heterocycles. The number of aryl methyl sites for hydroxylation is 1. The van der Waals surface area contributed by atoms with Crippen LogP contribution < -0.4 is 5.32 Å². The number of nitrogens with zero attached hydrogens (tertiary/aromatic N) is 2. The molecule has 0 aliphatic heterocycles. The Morgan fingerprint density at radius 1 is 1.11 bits per heavy atom. The van der Waals surface area contributed by atoms with Crippen molar-refractivity contribution < 1.29 is 14.8 Å². The predicted octanol–water partition coefficient (Wildman–Crippen LogP) is 4.61. The van der Waals surface area contributed by atoms with E-state index in [2.05, 4.69) is 10.3 Å². The normalized spacial score (nSPS) is 10.8. The molecule has 3 rings (SSSR count). The molecule has 28 heavy (non-hydrogen) atoms. The van der Waals surface area contributed by atoms with Crippen LogP contribution in [0.15, 0.2) is 71.7 Å². The number of anilines is 1. The number of carbonyl (C=O) groups excluding carboxylic acids is 1. The second kappa shape index (κ2) is 8.13. The van der Waals surface area contributed by atoms with Crippen molar-refractivity contribution in [3.8, 4) is 5.75 Å². The molecule has 7 heteroatoms. The van der Waals surface area contributed by atoms with Crippen molar-refractivity contribution in [1.29, 1.82) is 0 Å². The van der Waals surface area contributed by atoms with Crippen LogP contribution in [0.5, 0.6) is 5.75 Å². The second-order valence-corrected chi connectivity index (χ2v) is 6.10. The van der Waals surface area contributed by atoms with Gasteiger partial charge in [0, 0.05) is 29.1 Å². The number of benzene rings is 3. The molecule has 0 aliphatic carbocycles. The number of phenolic OH excluding ortho intramolecular Hbond substituents is 1. The number of hydrogen-bond acceptors (Lipinski definition) is 5. The first-order chi connectivity index (χ1) is 13.4. The summed E-state index contributed by atoms with van der Waals surface area (Å²) in [5.41, 5.74) is 2.62. The van der Waals surface area contributed by atoms with Crippen LogP contribution in [-0.4, -0.2) is 22.2 Å². The van der Waals surface area contributed by atoms with Crippen LogP contribution in [0.25, 0.3) is 0 Å². The molecule has 1 amide bonds. The van der Waals surface area contributed by atoms with E-state index < -0.39 is 10.7 Å². The Balaban J connectivity index is 1.71. The molecule has 0 saturated carbocycles. The van der Waals surface area contributed by atoms with Crippen molar-refractivity contribution in [1.82, 2.24) is 0 Å². The van der Waals surface area contributed by atoms with E-state index in [1.165, 1.54) is 24.4 Å². The summed E-state index contributed by atoms with van der Waals surface area (Å²) < 4.78 is 0. The van der Waals surface area contributed by atoms with Gasteiger partial charge in [0.2, 0.25) is 5.75 Å². The van der Waals surface area contributed by atoms with E-state index >= 15 is 0 Å². The Hall–Kier alpha value is -4.00. The second-order valence-electron chi connectivity index (χ2n) is 6.10. The van der Waals surface area contributed by atoms with Gasteiger partial charge in [-0.1, -0.05) is 23.8 Å². The van der Waals surface area contributed by atoms with Gasteiger partial charge in [0.1, 0.15) is 0 Å². The fourth-order valence-electron chi connectivity index (χ4n) is 2.56. The van der Waals surface area contributed by atoms with E-state index in [0.29, 0.717) is 16.9 Å². The molecule has 0 atom stereocenters. The molecule has 3 aromatic rings. The number of nitro benzene ring substituents is 1. The van der Waals surface area contributed by atoms with E-state index in [1.54, 1.807) is 36.4 Å². The SMILES string of the molecule is Cc1cccc(C(=O)Nc2ccc(N=Cc3cccc([N+](=O)[O-])c3O)cc2)c1. The Bertz CT molecular complexity index is 1060. The highest BCUT2D eigenvalue weighted by Crippen LogP contribution is 2.28. The molecule has 0 bridgehead atoms. The fraction of sp³-hybridized carbons (Fsp3) is 0.0476. The molecule has 0 spiro atoms. The van der Waals surface area contributed by atoms with Crippen molar-refractivity contribution in [2.24, 2.45) is 4.99 Å². The van der Waals surface area contributed by atoms with Crippen LogP contribution in [0.4, 0.5) is 17.1 Å². The average molecular weight is 375 g/mol. The third-order valence-corrected chi connectivity index (χ3v) is 4.00. The molecular weight excluding hydrogens is 358 g/mol. The lowest BCUT2D eigenvalue weighted by molar-refractivity contribution is -0.385. The maximum Gasteiger partial charge on any atom is 0.311 e. The Morgan fingerprint density at radius 3 is 2.50 bits per heavy atom. The van der Waals surface area contributed by atoms with Crippen LogP contribution in [-0.2, 0) is 0 Å². The van der Waals surface area contributed by atoms with Gasteiger partial charge in [0.25, 0.3) is 5.91 Å². The highest BCUT2D eigenvalue weighted by atomic mass is 16.6. The molecule has 2 N–H and O–H groups in total. The summed E-state index contributed by atoms with van der Waals surface area (Å²) in [5, 5.41) is 23.6. The standard InChI is InChI=1S/C21H17N3O4/c1-14-4-2-5-15(12-14)21(26)23-18-10-8-17(9-11-18)22-13-16-6-3-7-19(20(16)25)24(27)28/h2-13,25H,1H3,(H,23,26). The minimum atomic E-state index is -0.654. The Labute approximate surface area is 161 Å². The van der Waals surface area contributed by atoms with E-state index in [1.807, 2.05) is 19.1 Å². The van der Waals surface area contributed by atoms with Crippen molar-refractivity contribution in [2.45, 2.75) is 6.92 Å². The topological polar surface area (TPSA) is 105 Å². The summed E-state index contributed by atoms with van der Waals surface area (Å²) in [6.45, 7) is 1.92. The number of rotatable bonds is 5. The summed E-state index contributed by atoms with van der Waals surface area (Å²) >= 11 is 0. The predicted molar refractivity (Wildman–Crippen MR) is 108 cm³/mol.